The van der Waals surface area contributed by atoms with Gasteiger partial charge in [0.15, 0.2) is 5.69 Å². The summed E-state index contributed by atoms with van der Waals surface area (Å²) in [7, 11) is 0. The van der Waals surface area contributed by atoms with E-state index in [1.165, 1.54) is 4.68 Å². The topological polar surface area (TPSA) is 46.9 Å². The quantitative estimate of drug-likeness (QED) is 0.595. The molecule has 1 atom stereocenters. The maximum Gasteiger partial charge on any atom is 0.436 e. The zero-order valence-corrected chi connectivity index (χ0v) is 17.4. The molecule has 1 fully saturated rings. The van der Waals surface area contributed by atoms with E-state index in [1.807, 2.05) is 38.1 Å². The van der Waals surface area contributed by atoms with Gasteiger partial charge < -0.3 is 5.32 Å². The monoisotopic (exact) mass is 457 g/mol. The third-order valence-electron chi connectivity index (χ3n) is 4.94. The number of hydrogen-bond acceptors (Lipinski definition) is 2. The van der Waals surface area contributed by atoms with Gasteiger partial charge >= 0.3 is 6.18 Å². The van der Waals surface area contributed by atoms with Crippen LogP contribution in [0.5, 0.6) is 0 Å². The van der Waals surface area contributed by atoms with E-state index in [0.29, 0.717) is 5.69 Å². The minimum absolute atomic E-state index is 0.00833. The van der Waals surface area contributed by atoms with Gasteiger partial charge in [0.1, 0.15) is 0 Å². The molecular formula is C20H23BrF3N3O. The number of carbonyl (C=O) groups excluding carboxylic acids is 1. The number of aryl methyl sites for hydroxylation is 2. The first-order valence-electron chi connectivity index (χ1n) is 9.40. The SMILES string of the molecule is CCC(NC(=O)CCn1nc(C(F)(F)F)c(Br)c1C1CC1)c1ccc(C)cc1. The number of alkyl halides is 3. The Kier molecular flexibility index (Phi) is 6.17. The Morgan fingerprint density at radius 3 is 2.50 bits per heavy atom. The van der Waals surface area contributed by atoms with Crippen molar-refractivity contribution in [3.63, 3.8) is 0 Å². The Hall–Kier alpha value is -1.83. The molecule has 1 heterocycles. The summed E-state index contributed by atoms with van der Waals surface area (Å²) >= 11 is 3.07. The van der Waals surface area contributed by atoms with E-state index in [2.05, 4.69) is 26.3 Å². The molecule has 4 nitrogen and oxygen atoms in total. The summed E-state index contributed by atoms with van der Waals surface area (Å²) in [6.07, 6.45) is -2.02. The molecule has 1 amide bonds. The van der Waals surface area contributed by atoms with Crippen LogP contribution in [0.25, 0.3) is 0 Å². The number of benzene rings is 1. The summed E-state index contributed by atoms with van der Waals surface area (Å²) in [5.41, 5.74) is 1.79. The Bertz CT molecular complexity index is 842. The van der Waals surface area contributed by atoms with E-state index >= 15 is 0 Å². The van der Waals surface area contributed by atoms with E-state index < -0.39 is 11.9 Å². The van der Waals surface area contributed by atoms with E-state index in [4.69, 9.17) is 0 Å². The normalized spacial score (nSPS) is 15.5. The highest BCUT2D eigenvalue weighted by Gasteiger charge is 2.41. The summed E-state index contributed by atoms with van der Waals surface area (Å²) in [6, 6.07) is 7.83. The van der Waals surface area contributed by atoms with Crippen LogP contribution in [-0.2, 0) is 17.5 Å². The lowest BCUT2D eigenvalue weighted by Gasteiger charge is -2.18. The van der Waals surface area contributed by atoms with Crippen LogP contribution in [0.4, 0.5) is 13.2 Å². The maximum atomic E-state index is 13.2. The van der Waals surface area contributed by atoms with Gasteiger partial charge in [-0.3, -0.25) is 9.48 Å². The predicted octanol–water partition coefficient (Wildman–Crippen LogP) is 5.51. The maximum absolute atomic E-state index is 13.2. The van der Waals surface area contributed by atoms with Crippen molar-refractivity contribution in [1.82, 2.24) is 15.1 Å². The van der Waals surface area contributed by atoms with Crippen LogP contribution in [0, 0.1) is 6.92 Å². The average Bonchev–Trinajstić information content (AvgIpc) is 3.40. The molecule has 0 radical (unpaired) electrons. The van der Waals surface area contributed by atoms with E-state index in [9.17, 15) is 18.0 Å². The molecule has 1 aliphatic rings. The molecule has 1 N–H and O–H groups in total. The predicted molar refractivity (Wildman–Crippen MR) is 104 cm³/mol. The fourth-order valence-electron chi connectivity index (χ4n) is 3.25. The number of amides is 1. The average molecular weight is 458 g/mol. The van der Waals surface area contributed by atoms with Gasteiger partial charge in [0.05, 0.1) is 22.8 Å². The lowest BCUT2D eigenvalue weighted by molar-refractivity contribution is -0.142. The Balaban J connectivity index is 1.68. The number of aromatic nitrogens is 2. The van der Waals surface area contributed by atoms with Gasteiger partial charge in [0.2, 0.25) is 5.91 Å². The lowest BCUT2D eigenvalue weighted by Crippen LogP contribution is -2.29. The van der Waals surface area contributed by atoms with E-state index in [0.717, 1.165) is 30.4 Å². The largest absolute Gasteiger partial charge is 0.436 e. The molecule has 1 aromatic heterocycles. The van der Waals surface area contributed by atoms with Gasteiger partial charge in [-0.2, -0.15) is 18.3 Å². The fourth-order valence-corrected chi connectivity index (χ4v) is 4.08. The molecule has 152 valence electrons. The number of carbonyl (C=O) groups is 1. The fraction of sp³-hybridized carbons (Fsp3) is 0.500. The van der Waals surface area contributed by atoms with Gasteiger partial charge in [0.25, 0.3) is 0 Å². The summed E-state index contributed by atoms with van der Waals surface area (Å²) in [5, 5.41) is 6.72. The van der Waals surface area contributed by atoms with Crippen LogP contribution in [0.2, 0.25) is 0 Å². The number of halogens is 4. The Morgan fingerprint density at radius 2 is 1.96 bits per heavy atom. The van der Waals surface area contributed by atoms with Crippen LogP contribution >= 0.6 is 15.9 Å². The van der Waals surface area contributed by atoms with Crippen molar-refractivity contribution in [2.45, 2.75) is 64.2 Å². The van der Waals surface area contributed by atoms with Crippen molar-refractivity contribution >= 4 is 21.8 Å². The number of nitrogens with one attached hydrogen (secondary N) is 1. The molecule has 1 aromatic carbocycles. The number of nitrogens with zero attached hydrogens (tertiary/aromatic N) is 2. The molecule has 8 heteroatoms. The number of rotatable bonds is 7. The first-order valence-corrected chi connectivity index (χ1v) is 10.2. The van der Waals surface area contributed by atoms with Gasteiger partial charge in [-0.25, -0.2) is 0 Å². The van der Waals surface area contributed by atoms with Crippen molar-refractivity contribution < 1.29 is 18.0 Å². The molecule has 1 unspecified atom stereocenters. The Labute approximate surface area is 170 Å². The third kappa shape index (κ3) is 4.77. The summed E-state index contributed by atoms with van der Waals surface area (Å²) < 4.78 is 40.9. The van der Waals surface area contributed by atoms with Crippen molar-refractivity contribution in [2.75, 3.05) is 0 Å². The second kappa shape index (κ2) is 8.27. The van der Waals surface area contributed by atoms with Crippen LogP contribution in [-0.4, -0.2) is 15.7 Å². The highest BCUT2D eigenvalue weighted by atomic mass is 79.9. The molecular weight excluding hydrogens is 435 g/mol. The molecule has 2 aromatic rings. The molecule has 0 bridgehead atoms. The van der Waals surface area contributed by atoms with Crippen LogP contribution in [0.15, 0.2) is 28.7 Å². The van der Waals surface area contributed by atoms with Gasteiger partial charge in [0, 0.05) is 12.3 Å². The summed E-state index contributed by atoms with van der Waals surface area (Å²) in [4.78, 5) is 12.4. The van der Waals surface area contributed by atoms with Gasteiger partial charge in [-0.15, -0.1) is 0 Å². The Morgan fingerprint density at radius 1 is 1.32 bits per heavy atom. The highest BCUT2D eigenvalue weighted by Crippen LogP contribution is 2.47. The zero-order chi connectivity index (χ0) is 20.5. The molecule has 0 aliphatic heterocycles. The molecule has 1 saturated carbocycles. The van der Waals surface area contributed by atoms with Gasteiger partial charge in [-0.05, 0) is 47.7 Å². The molecule has 0 spiro atoms. The van der Waals surface area contributed by atoms with Crippen molar-refractivity contribution in [2.24, 2.45) is 0 Å². The van der Waals surface area contributed by atoms with E-state index in [1.54, 1.807) is 0 Å². The summed E-state index contributed by atoms with van der Waals surface area (Å²) in [6.45, 7) is 4.10. The third-order valence-corrected chi connectivity index (χ3v) is 5.72. The second-order valence-corrected chi connectivity index (χ2v) is 8.03. The molecule has 28 heavy (non-hydrogen) atoms. The second-order valence-electron chi connectivity index (χ2n) is 7.23. The minimum Gasteiger partial charge on any atom is -0.349 e. The molecule has 1 aliphatic carbocycles. The van der Waals surface area contributed by atoms with Crippen LogP contribution in [0.1, 0.15) is 67.1 Å². The van der Waals surface area contributed by atoms with Crippen LogP contribution in [0.3, 0.4) is 0 Å². The number of hydrogen-bond donors (Lipinski definition) is 1. The van der Waals surface area contributed by atoms with Crippen LogP contribution < -0.4 is 5.32 Å². The smallest absolute Gasteiger partial charge is 0.349 e. The molecule has 3 rings (SSSR count). The standard InChI is InChI=1S/C20H23BrF3N3O/c1-3-15(13-6-4-12(2)5-7-13)25-16(28)10-11-27-18(14-8-9-14)17(21)19(26-27)20(22,23)24/h4-7,14-15H,3,8-11H2,1-2H3,(H,25,28). The van der Waals surface area contributed by atoms with Crippen molar-refractivity contribution in [1.29, 1.82) is 0 Å². The summed E-state index contributed by atoms with van der Waals surface area (Å²) in [5.74, 6) is -0.119. The minimum atomic E-state index is -4.52. The van der Waals surface area contributed by atoms with Crippen molar-refractivity contribution in [3.8, 4) is 0 Å². The first kappa shape index (κ1) is 20.9. The van der Waals surface area contributed by atoms with Gasteiger partial charge in [-0.1, -0.05) is 36.8 Å². The first-order chi connectivity index (χ1) is 13.2. The van der Waals surface area contributed by atoms with Crippen molar-refractivity contribution in [3.05, 3.63) is 51.3 Å². The molecule has 0 saturated heterocycles. The lowest BCUT2D eigenvalue weighted by atomic mass is 10.0. The van der Waals surface area contributed by atoms with E-state index in [-0.39, 0.29) is 35.3 Å². The highest BCUT2D eigenvalue weighted by molar-refractivity contribution is 9.10. The zero-order valence-electron chi connectivity index (χ0n) is 15.8.